The largest absolute Gasteiger partial charge is 0.488 e. The Bertz CT molecular complexity index is 395. The smallest absolute Gasteiger partial charge is 0.423 e. The minimum atomic E-state index is -1.60. The lowest BCUT2D eigenvalue weighted by Gasteiger charge is -2.21. The Balaban J connectivity index is 1.92. The molecule has 98 valence electrons. The van der Waals surface area contributed by atoms with Crippen molar-refractivity contribution in [2.45, 2.75) is 43.1 Å². The van der Waals surface area contributed by atoms with Gasteiger partial charge in [-0.05, 0) is 29.9 Å². The van der Waals surface area contributed by atoms with Gasteiger partial charge in [0.2, 0.25) is 0 Å². The molecule has 0 radical (unpaired) electrons. The van der Waals surface area contributed by atoms with Crippen molar-refractivity contribution in [2.75, 3.05) is 0 Å². The van der Waals surface area contributed by atoms with Crippen molar-refractivity contribution in [3.8, 4) is 0 Å². The molecule has 1 fully saturated rings. The third kappa shape index (κ3) is 3.74. The van der Waals surface area contributed by atoms with Crippen LogP contribution in [0, 0.1) is 5.82 Å². The first kappa shape index (κ1) is 13.9. The van der Waals surface area contributed by atoms with E-state index in [1.165, 1.54) is 38.2 Å². The summed E-state index contributed by atoms with van der Waals surface area (Å²) in [4.78, 5) is 0. The Morgan fingerprint density at radius 3 is 2.56 bits per heavy atom. The van der Waals surface area contributed by atoms with Gasteiger partial charge in [0.05, 0.1) is 0 Å². The van der Waals surface area contributed by atoms with Crippen molar-refractivity contribution in [2.24, 2.45) is 0 Å². The number of rotatable bonds is 4. The SMILES string of the molecule is OB(O)c1ccc(CSC2CCCCC2)c(F)c1. The lowest BCUT2D eigenvalue weighted by Crippen LogP contribution is -2.30. The molecule has 2 N–H and O–H groups in total. The summed E-state index contributed by atoms with van der Waals surface area (Å²) in [5.74, 6) is 0.321. The molecule has 18 heavy (non-hydrogen) atoms. The van der Waals surface area contributed by atoms with Crippen LogP contribution in [0.2, 0.25) is 0 Å². The minimum Gasteiger partial charge on any atom is -0.423 e. The fourth-order valence-electron chi connectivity index (χ4n) is 2.28. The maximum Gasteiger partial charge on any atom is 0.488 e. The van der Waals surface area contributed by atoms with Gasteiger partial charge in [-0.25, -0.2) is 4.39 Å². The zero-order valence-corrected chi connectivity index (χ0v) is 11.1. The summed E-state index contributed by atoms with van der Waals surface area (Å²) in [6, 6.07) is 4.44. The van der Waals surface area contributed by atoms with Crippen molar-refractivity contribution in [1.82, 2.24) is 0 Å². The molecule has 0 bridgehead atoms. The summed E-state index contributed by atoms with van der Waals surface area (Å²) < 4.78 is 13.7. The predicted molar refractivity (Wildman–Crippen MR) is 74.4 cm³/mol. The first-order valence-corrected chi connectivity index (χ1v) is 7.48. The maximum absolute atomic E-state index is 13.7. The number of thioether (sulfide) groups is 1. The Morgan fingerprint density at radius 1 is 1.22 bits per heavy atom. The highest BCUT2D eigenvalue weighted by Crippen LogP contribution is 2.30. The van der Waals surface area contributed by atoms with Gasteiger partial charge in [0.15, 0.2) is 0 Å². The summed E-state index contributed by atoms with van der Waals surface area (Å²) in [7, 11) is -1.60. The van der Waals surface area contributed by atoms with Gasteiger partial charge in [-0.2, -0.15) is 11.8 Å². The van der Waals surface area contributed by atoms with E-state index in [1.807, 2.05) is 11.8 Å². The lowest BCUT2D eigenvalue weighted by molar-refractivity contribution is 0.425. The Morgan fingerprint density at radius 2 is 1.94 bits per heavy atom. The van der Waals surface area contributed by atoms with E-state index in [4.69, 9.17) is 10.0 Å². The molecule has 1 saturated carbocycles. The first-order valence-electron chi connectivity index (χ1n) is 6.43. The second-order valence-electron chi connectivity index (χ2n) is 4.80. The van der Waals surface area contributed by atoms with Crippen LogP contribution in [0.15, 0.2) is 18.2 Å². The third-order valence-electron chi connectivity index (χ3n) is 3.40. The van der Waals surface area contributed by atoms with Crippen LogP contribution in [0.3, 0.4) is 0 Å². The minimum absolute atomic E-state index is 0.207. The monoisotopic (exact) mass is 268 g/mol. The van der Waals surface area contributed by atoms with E-state index in [2.05, 4.69) is 0 Å². The third-order valence-corrected chi connectivity index (χ3v) is 4.82. The highest BCUT2D eigenvalue weighted by molar-refractivity contribution is 7.99. The molecule has 0 atom stereocenters. The summed E-state index contributed by atoms with van der Waals surface area (Å²) in [5.41, 5.74) is 0.855. The van der Waals surface area contributed by atoms with Crippen LogP contribution in [0.4, 0.5) is 4.39 Å². The lowest BCUT2D eigenvalue weighted by atomic mass is 9.80. The molecule has 0 saturated heterocycles. The molecule has 1 aromatic carbocycles. The molecule has 0 unspecified atom stereocenters. The summed E-state index contributed by atoms with van der Waals surface area (Å²) in [6.45, 7) is 0. The van der Waals surface area contributed by atoms with Gasteiger partial charge in [-0.3, -0.25) is 0 Å². The molecule has 0 aromatic heterocycles. The number of halogens is 1. The topological polar surface area (TPSA) is 40.5 Å². The second-order valence-corrected chi connectivity index (χ2v) is 6.08. The van der Waals surface area contributed by atoms with Crippen LogP contribution in [-0.2, 0) is 5.75 Å². The number of hydrogen-bond donors (Lipinski definition) is 2. The van der Waals surface area contributed by atoms with E-state index in [0.717, 1.165) is 0 Å². The van der Waals surface area contributed by atoms with Crippen LogP contribution in [-0.4, -0.2) is 22.4 Å². The molecule has 1 aliphatic rings. The van der Waals surface area contributed by atoms with Gasteiger partial charge < -0.3 is 10.0 Å². The molecule has 0 amide bonds. The van der Waals surface area contributed by atoms with Crippen molar-refractivity contribution in [1.29, 1.82) is 0 Å². The van der Waals surface area contributed by atoms with Crippen molar-refractivity contribution in [3.63, 3.8) is 0 Å². The van der Waals surface area contributed by atoms with E-state index >= 15 is 0 Å². The van der Waals surface area contributed by atoms with Gasteiger partial charge in [-0.1, -0.05) is 31.4 Å². The molecule has 2 rings (SSSR count). The van der Waals surface area contributed by atoms with Crippen molar-refractivity contribution in [3.05, 3.63) is 29.6 Å². The van der Waals surface area contributed by atoms with E-state index in [-0.39, 0.29) is 11.3 Å². The summed E-state index contributed by atoms with van der Waals surface area (Å²) in [6.07, 6.45) is 6.37. The average Bonchev–Trinajstić information content (AvgIpc) is 2.38. The summed E-state index contributed by atoms with van der Waals surface area (Å²) in [5, 5.41) is 18.6. The second kappa shape index (κ2) is 6.59. The molecule has 0 aliphatic heterocycles. The number of hydrogen-bond acceptors (Lipinski definition) is 3. The molecule has 1 aromatic rings. The quantitative estimate of drug-likeness (QED) is 0.821. The standard InChI is InChI=1S/C13H18BFO2S/c15-13-8-11(14(16)17)7-6-10(13)9-18-12-4-2-1-3-5-12/h6-8,12,16-17H,1-5,9H2. The van der Waals surface area contributed by atoms with Crippen LogP contribution >= 0.6 is 11.8 Å². The Kier molecular flexibility index (Phi) is 5.09. The molecule has 0 spiro atoms. The molecule has 0 heterocycles. The number of benzene rings is 1. The summed E-state index contributed by atoms with van der Waals surface area (Å²) >= 11 is 1.81. The molecule has 1 aliphatic carbocycles. The van der Waals surface area contributed by atoms with Crippen molar-refractivity contribution < 1.29 is 14.4 Å². The zero-order valence-electron chi connectivity index (χ0n) is 10.3. The normalized spacial score (nSPS) is 16.8. The van der Waals surface area contributed by atoms with Crippen LogP contribution in [0.1, 0.15) is 37.7 Å². The predicted octanol–water partition coefficient (Wildman–Crippen LogP) is 2.07. The zero-order chi connectivity index (χ0) is 13.0. The highest BCUT2D eigenvalue weighted by atomic mass is 32.2. The van der Waals surface area contributed by atoms with Crippen LogP contribution in [0.25, 0.3) is 0 Å². The Labute approximate surface area is 112 Å². The van der Waals surface area contributed by atoms with E-state index in [1.54, 1.807) is 12.1 Å². The first-order chi connectivity index (χ1) is 8.66. The van der Waals surface area contributed by atoms with Crippen LogP contribution < -0.4 is 5.46 Å². The van der Waals surface area contributed by atoms with E-state index in [0.29, 0.717) is 16.6 Å². The molecule has 5 heteroatoms. The maximum atomic E-state index is 13.7. The van der Waals surface area contributed by atoms with Gasteiger partial charge in [-0.15, -0.1) is 0 Å². The molecular weight excluding hydrogens is 250 g/mol. The van der Waals surface area contributed by atoms with Gasteiger partial charge >= 0.3 is 7.12 Å². The van der Waals surface area contributed by atoms with Crippen LogP contribution in [0.5, 0.6) is 0 Å². The van der Waals surface area contributed by atoms with Gasteiger partial charge in [0.1, 0.15) is 5.82 Å². The van der Waals surface area contributed by atoms with Gasteiger partial charge in [0.25, 0.3) is 0 Å². The van der Waals surface area contributed by atoms with Gasteiger partial charge in [0, 0.05) is 11.0 Å². The fourth-order valence-corrected chi connectivity index (χ4v) is 3.60. The van der Waals surface area contributed by atoms with E-state index in [9.17, 15) is 4.39 Å². The average molecular weight is 268 g/mol. The van der Waals surface area contributed by atoms with E-state index < -0.39 is 7.12 Å². The molecular formula is C13H18BFO2S. The fraction of sp³-hybridized carbons (Fsp3) is 0.538. The van der Waals surface area contributed by atoms with Crippen molar-refractivity contribution >= 4 is 24.3 Å². The Hall–Kier alpha value is -0.515. The molecule has 2 nitrogen and oxygen atoms in total. The highest BCUT2D eigenvalue weighted by Gasteiger charge is 2.16.